The Kier molecular flexibility index (Phi) is 4.12. The van der Waals surface area contributed by atoms with Gasteiger partial charge in [0.05, 0.1) is 19.3 Å². The number of anilines is 1. The second-order valence-electron chi connectivity index (χ2n) is 5.58. The largest absolute Gasteiger partial charge is 0.481 e. The number of benzene rings is 1. The molecule has 0 radical (unpaired) electrons. The third-order valence-electron chi connectivity index (χ3n) is 3.88. The molecule has 23 heavy (non-hydrogen) atoms. The molecule has 7 heteroatoms. The first kappa shape index (κ1) is 15.6. The lowest BCUT2D eigenvalue weighted by atomic mass is 10.0. The highest BCUT2D eigenvalue weighted by Crippen LogP contribution is 2.36. The van der Waals surface area contributed by atoms with Crippen molar-refractivity contribution in [2.75, 3.05) is 18.6 Å². The lowest BCUT2D eigenvalue weighted by Crippen LogP contribution is -2.27. The van der Waals surface area contributed by atoms with E-state index < -0.39 is 23.8 Å². The fraction of sp³-hybridized carbons (Fsp3) is 0.375. The predicted octanol–water partition coefficient (Wildman–Crippen LogP) is 2.38. The molecule has 2 heterocycles. The Morgan fingerprint density at radius 1 is 1.26 bits per heavy atom. The number of hydrogen-bond donors (Lipinski definition) is 1. The molecule has 1 fully saturated rings. The van der Waals surface area contributed by atoms with Crippen molar-refractivity contribution in [3.05, 3.63) is 47.2 Å². The van der Waals surface area contributed by atoms with Crippen molar-refractivity contribution < 1.29 is 18.6 Å². The summed E-state index contributed by atoms with van der Waals surface area (Å²) in [5.41, 5.74) is 0.873. The summed E-state index contributed by atoms with van der Waals surface area (Å²) in [5.74, 6) is -0.333. The van der Waals surface area contributed by atoms with Gasteiger partial charge in [-0.3, -0.25) is 0 Å². The van der Waals surface area contributed by atoms with Gasteiger partial charge in [0.15, 0.2) is 0 Å². The Labute approximate surface area is 132 Å². The normalized spacial score (nSPS) is 20.8. The number of aliphatic hydroxyl groups is 1. The van der Waals surface area contributed by atoms with Crippen LogP contribution in [-0.4, -0.2) is 34.8 Å². The Hall–Kier alpha value is -2.28. The van der Waals surface area contributed by atoms with Crippen molar-refractivity contribution in [3.8, 4) is 5.88 Å². The highest BCUT2D eigenvalue weighted by Gasteiger charge is 2.35. The van der Waals surface area contributed by atoms with Gasteiger partial charge in [-0.25, -0.2) is 13.8 Å². The van der Waals surface area contributed by atoms with E-state index in [0.29, 0.717) is 17.5 Å². The first-order valence-corrected chi connectivity index (χ1v) is 7.27. The molecule has 0 aliphatic carbocycles. The van der Waals surface area contributed by atoms with Crippen LogP contribution in [0.4, 0.5) is 14.7 Å². The van der Waals surface area contributed by atoms with Gasteiger partial charge >= 0.3 is 0 Å². The number of methoxy groups -OCH3 is 1. The van der Waals surface area contributed by atoms with E-state index in [4.69, 9.17) is 4.74 Å². The maximum atomic E-state index is 14.1. The summed E-state index contributed by atoms with van der Waals surface area (Å²) in [6, 6.07) is 4.45. The molecular weight excluding hydrogens is 304 g/mol. The van der Waals surface area contributed by atoms with Crippen molar-refractivity contribution in [2.45, 2.75) is 25.5 Å². The lowest BCUT2D eigenvalue weighted by molar-refractivity contribution is 0.194. The molecule has 1 N–H and O–H groups in total. The summed E-state index contributed by atoms with van der Waals surface area (Å²) in [6.45, 7) is 2.03. The van der Waals surface area contributed by atoms with Gasteiger partial charge in [-0.05, 0) is 31.5 Å². The SMILES string of the molecule is COc1cc(C)nc(N2CC(O)CC2c2cc(F)ccc2F)n1. The minimum atomic E-state index is -0.669. The number of rotatable bonds is 3. The Balaban J connectivity index is 2.03. The fourth-order valence-electron chi connectivity index (χ4n) is 2.86. The van der Waals surface area contributed by atoms with Gasteiger partial charge in [-0.2, -0.15) is 4.98 Å². The number of hydrogen-bond acceptors (Lipinski definition) is 5. The summed E-state index contributed by atoms with van der Waals surface area (Å²) < 4.78 is 32.8. The van der Waals surface area contributed by atoms with Crippen LogP contribution in [0.3, 0.4) is 0 Å². The minimum Gasteiger partial charge on any atom is -0.481 e. The van der Waals surface area contributed by atoms with E-state index in [0.717, 1.165) is 18.2 Å². The number of aromatic nitrogens is 2. The van der Waals surface area contributed by atoms with Gasteiger partial charge in [-0.1, -0.05) is 0 Å². The molecular formula is C16H17F2N3O2. The Morgan fingerprint density at radius 2 is 2.04 bits per heavy atom. The molecule has 1 aromatic heterocycles. The lowest BCUT2D eigenvalue weighted by Gasteiger charge is -2.25. The summed E-state index contributed by atoms with van der Waals surface area (Å²) in [7, 11) is 1.49. The number of β-amino-alcohol motifs (C(OH)–C–C–N with tert-alkyl or cyclic N) is 1. The first-order valence-electron chi connectivity index (χ1n) is 7.27. The molecule has 5 nitrogen and oxygen atoms in total. The molecule has 1 saturated heterocycles. The van der Waals surface area contributed by atoms with Gasteiger partial charge in [0.1, 0.15) is 11.6 Å². The van der Waals surface area contributed by atoms with E-state index >= 15 is 0 Å². The maximum Gasteiger partial charge on any atom is 0.229 e. The Bertz CT molecular complexity index is 726. The molecule has 2 unspecified atom stereocenters. The van der Waals surface area contributed by atoms with Crippen molar-refractivity contribution in [1.29, 1.82) is 0 Å². The van der Waals surface area contributed by atoms with E-state index in [-0.39, 0.29) is 18.5 Å². The highest BCUT2D eigenvalue weighted by molar-refractivity contribution is 5.42. The zero-order chi connectivity index (χ0) is 16.6. The topological polar surface area (TPSA) is 58.5 Å². The van der Waals surface area contributed by atoms with Crippen LogP contribution in [-0.2, 0) is 0 Å². The molecule has 1 aliphatic rings. The molecule has 2 aromatic rings. The molecule has 122 valence electrons. The molecule has 1 aromatic carbocycles. The van der Waals surface area contributed by atoms with Crippen LogP contribution in [0, 0.1) is 18.6 Å². The van der Waals surface area contributed by atoms with Crippen molar-refractivity contribution >= 4 is 5.95 Å². The maximum absolute atomic E-state index is 14.1. The summed E-state index contributed by atoms with van der Waals surface area (Å²) >= 11 is 0. The van der Waals surface area contributed by atoms with E-state index in [9.17, 15) is 13.9 Å². The van der Waals surface area contributed by atoms with Crippen LogP contribution < -0.4 is 9.64 Å². The van der Waals surface area contributed by atoms with Crippen LogP contribution >= 0.6 is 0 Å². The zero-order valence-electron chi connectivity index (χ0n) is 12.8. The van der Waals surface area contributed by atoms with E-state index in [1.165, 1.54) is 7.11 Å². The van der Waals surface area contributed by atoms with Gasteiger partial charge < -0.3 is 14.7 Å². The fourth-order valence-corrected chi connectivity index (χ4v) is 2.86. The quantitative estimate of drug-likeness (QED) is 0.940. The van der Waals surface area contributed by atoms with Crippen LogP contribution in [0.2, 0.25) is 0 Å². The number of aryl methyl sites for hydroxylation is 1. The van der Waals surface area contributed by atoms with Crippen LogP contribution in [0.1, 0.15) is 23.7 Å². The molecule has 2 atom stereocenters. The second-order valence-corrected chi connectivity index (χ2v) is 5.58. The van der Waals surface area contributed by atoms with Gasteiger partial charge in [0, 0.05) is 23.9 Å². The third kappa shape index (κ3) is 3.10. The van der Waals surface area contributed by atoms with Gasteiger partial charge in [0.25, 0.3) is 0 Å². The number of ether oxygens (including phenoxy) is 1. The second kappa shape index (κ2) is 6.08. The molecule has 0 bridgehead atoms. The summed E-state index contributed by atoms with van der Waals surface area (Å²) in [5, 5.41) is 10.0. The average Bonchev–Trinajstić information content (AvgIpc) is 2.91. The molecule has 3 rings (SSSR count). The van der Waals surface area contributed by atoms with E-state index in [1.54, 1.807) is 17.9 Å². The molecule has 0 spiro atoms. The molecule has 0 amide bonds. The molecule has 0 saturated carbocycles. The van der Waals surface area contributed by atoms with E-state index in [2.05, 4.69) is 9.97 Å². The van der Waals surface area contributed by atoms with Crippen LogP contribution in [0.15, 0.2) is 24.3 Å². The highest BCUT2D eigenvalue weighted by atomic mass is 19.1. The number of nitrogens with zero attached hydrogens (tertiary/aromatic N) is 3. The summed E-state index contributed by atoms with van der Waals surface area (Å²) in [6.07, 6.45) is -0.391. The zero-order valence-corrected chi connectivity index (χ0v) is 12.8. The number of halogens is 2. The number of aliphatic hydroxyl groups excluding tert-OH is 1. The standard InChI is InChI=1S/C16H17F2N3O2/c1-9-5-15(23-2)20-16(19-9)21-8-11(22)7-14(21)12-6-10(17)3-4-13(12)18/h3-6,11,14,22H,7-8H2,1-2H3. The Morgan fingerprint density at radius 3 is 2.78 bits per heavy atom. The average molecular weight is 321 g/mol. The van der Waals surface area contributed by atoms with Gasteiger partial charge in [-0.15, -0.1) is 0 Å². The monoisotopic (exact) mass is 321 g/mol. The molecule has 1 aliphatic heterocycles. The van der Waals surface area contributed by atoms with Gasteiger partial charge in [0.2, 0.25) is 11.8 Å². The third-order valence-corrected chi connectivity index (χ3v) is 3.88. The van der Waals surface area contributed by atoms with Crippen LogP contribution in [0.25, 0.3) is 0 Å². The first-order chi connectivity index (χ1) is 11.0. The van der Waals surface area contributed by atoms with Crippen LogP contribution in [0.5, 0.6) is 5.88 Å². The van der Waals surface area contributed by atoms with E-state index in [1.807, 2.05) is 0 Å². The van der Waals surface area contributed by atoms with Crippen molar-refractivity contribution in [1.82, 2.24) is 9.97 Å². The van der Waals surface area contributed by atoms with Crippen molar-refractivity contribution in [3.63, 3.8) is 0 Å². The van der Waals surface area contributed by atoms with Crippen molar-refractivity contribution in [2.24, 2.45) is 0 Å². The smallest absolute Gasteiger partial charge is 0.229 e. The minimum absolute atomic E-state index is 0.186. The summed E-state index contributed by atoms with van der Waals surface area (Å²) in [4.78, 5) is 10.3. The predicted molar refractivity (Wildman–Crippen MR) is 80.4 cm³/mol.